The first kappa shape index (κ1) is 16.6. The van der Waals surface area contributed by atoms with Gasteiger partial charge in [0.2, 0.25) is 0 Å². The summed E-state index contributed by atoms with van der Waals surface area (Å²) in [5, 5.41) is 16.1. The van der Waals surface area contributed by atoms with Gasteiger partial charge in [0.15, 0.2) is 5.69 Å². The molecule has 0 fully saturated rings. The predicted octanol–water partition coefficient (Wildman–Crippen LogP) is 2.55. The van der Waals surface area contributed by atoms with Crippen molar-refractivity contribution in [2.75, 3.05) is 7.11 Å². The second-order valence-corrected chi connectivity index (χ2v) is 5.63. The summed E-state index contributed by atoms with van der Waals surface area (Å²) in [6.45, 7) is 4.02. The Balaban J connectivity index is 2.08. The standard InChI is InChI=1S/C17H20N4O2/c1-12(2)10-13(11-18)19-17(22)16-8-9-21(20-16)14-4-6-15(23-3)7-5-14/h4-9,12-13H,10H2,1-3H3,(H,19,22). The lowest BCUT2D eigenvalue weighted by atomic mass is 10.0. The molecule has 0 radical (unpaired) electrons. The molecule has 1 amide bonds. The molecule has 0 aliphatic carbocycles. The summed E-state index contributed by atoms with van der Waals surface area (Å²) in [6.07, 6.45) is 2.32. The molecular weight excluding hydrogens is 292 g/mol. The lowest BCUT2D eigenvalue weighted by molar-refractivity contribution is 0.0936. The second kappa shape index (κ2) is 7.45. The van der Waals surface area contributed by atoms with E-state index in [0.717, 1.165) is 11.4 Å². The number of aromatic nitrogens is 2. The molecule has 120 valence electrons. The summed E-state index contributed by atoms with van der Waals surface area (Å²) < 4.78 is 6.72. The molecule has 6 nitrogen and oxygen atoms in total. The Hall–Kier alpha value is -2.81. The molecule has 0 saturated carbocycles. The summed E-state index contributed by atoms with van der Waals surface area (Å²) in [7, 11) is 1.61. The van der Waals surface area contributed by atoms with E-state index in [1.54, 1.807) is 24.1 Å². The average molecular weight is 312 g/mol. The Morgan fingerprint density at radius 1 is 1.35 bits per heavy atom. The van der Waals surface area contributed by atoms with Gasteiger partial charge in [-0.25, -0.2) is 4.68 Å². The van der Waals surface area contributed by atoms with E-state index in [9.17, 15) is 4.79 Å². The van der Waals surface area contributed by atoms with Crippen LogP contribution in [0.5, 0.6) is 5.75 Å². The number of ether oxygens (including phenoxy) is 1. The Morgan fingerprint density at radius 2 is 2.04 bits per heavy atom. The number of rotatable bonds is 6. The van der Waals surface area contributed by atoms with Crippen LogP contribution < -0.4 is 10.1 Å². The van der Waals surface area contributed by atoms with Crippen LogP contribution in [0.1, 0.15) is 30.8 Å². The minimum Gasteiger partial charge on any atom is -0.497 e. The van der Waals surface area contributed by atoms with E-state index in [1.807, 2.05) is 38.1 Å². The second-order valence-electron chi connectivity index (χ2n) is 5.63. The fraction of sp³-hybridized carbons (Fsp3) is 0.353. The van der Waals surface area contributed by atoms with Gasteiger partial charge in [-0.15, -0.1) is 0 Å². The monoisotopic (exact) mass is 312 g/mol. The van der Waals surface area contributed by atoms with Crippen LogP contribution in [0.25, 0.3) is 5.69 Å². The van der Waals surface area contributed by atoms with Gasteiger partial charge in [0.05, 0.1) is 18.9 Å². The summed E-state index contributed by atoms with van der Waals surface area (Å²) in [4.78, 5) is 12.2. The molecule has 0 saturated heterocycles. The first-order chi connectivity index (χ1) is 11.0. The zero-order chi connectivity index (χ0) is 16.8. The van der Waals surface area contributed by atoms with Crippen molar-refractivity contribution in [1.29, 1.82) is 5.26 Å². The maximum atomic E-state index is 12.2. The van der Waals surface area contributed by atoms with Crippen molar-refractivity contribution in [3.05, 3.63) is 42.2 Å². The van der Waals surface area contributed by atoms with Gasteiger partial charge in [-0.3, -0.25) is 4.79 Å². The van der Waals surface area contributed by atoms with Crippen molar-refractivity contribution >= 4 is 5.91 Å². The molecule has 23 heavy (non-hydrogen) atoms. The average Bonchev–Trinajstić information content (AvgIpc) is 3.04. The molecule has 2 rings (SSSR count). The number of methoxy groups -OCH3 is 1. The third-order valence-corrected chi connectivity index (χ3v) is 3.33. The van der Waals surface area contributed by atoms with Crippen molar-refractivity contribution in [3.8, 4) is 17.5 Å². The lowest BCUT2D eigenvalue weighted by Crippen LogP contribution is -2.35. The third-order valence-electron chi connectivity index (χ3n) is 3.33. The van der Waals surface area contributed by atoms with Crippen LogP contribution in [0.4, 0.5) is 0 Å². The number of nitriles is 1. The maximum Gasteiger partial charge on any atom is 0.272 e. The van der Waals surface area contributed by atoms with E-state index in [-0.39, 0.29) is 11.6 Å². The number of amides is 1. The maximum absolute atomic E-state index is 12.2. The van der Waals surface area contributed by atoms with Gasteiger partial charge < -0.3 is 10.1 Å². The molecular formula is C17H20N4O2. The SMILES string of the molecule is COc1ccc(-n2ccc(C(=O)NC(C#N)CC(C)C)n2)cc1. The summed E-state index contributed by atoms with van der Waals surface area (Å²) in [6, 6.07) is 10.6. The minimum absolute atomic E-state index is 0.282. The largest absolute Gasteiger partial charge is 0.497 e. The van der Waals surface area contributed by atoms with Crippen LogP contribution in [0.3, 0.4) is 0 Å². The zero-order valence-electron chi connectivity index (χ0n) is 13.5. The van der Waals surface area contributed by atoms with E-state index in [4.69, 9.17) is 10.00 Å². The quantitative estimate of drug-likeness (QED) is 0.889. The van der Waals surface area contributed by atoms with Gasteiger partial charge in [0.1, 0.15) is 11.8 Å². The fourth-order valence-electron chi connectivity index (χ4n) is 2.17. The third kappa shape index (κ3) is 4.33. The van der Waals surface area contributed by atoms with Crippen molar-refractivity contribution in [1.82, 2.24) is 15.1 Å². The number of carbonyl (C=O) groups is 1. The van der Waals surface area contributed by atoms with Crippen LogP contribution in [0, 0.1) is 17.2 Å². The van der Waals surface area contributed by atoms with E-state index in [0.29, 0.717) is 12.3 Å². The molecule has 0 bridgehead atoms. The fourth-order valence-corrected chi connectivity index (χ4v) is 2.17. The van der Waals surface area contributed by atoms with Gasteiger partial charge in [-0.2, -0.15) is 10.4 Å². The highest BCUT2D eigenvalue weighted by Crippen LogP contribution is 2.14. The van der Waals surface area contributed by atoms with Crippen LogP contribution in [-0.4, -0.2) is 28.8 Å². The lowest BCUT2D eigenvalue weighted by Gasteiger charge is -2.12. The smallest absolute Gasteiger partial charge is 0.272 e. The Kier molecular flexibility index (Phi) is 5.36. The van der Waals surface area contributed by atoms with Crippen LogP contribution in [-0.2, 0) is 0 Å². The Morgan fingerprint density at radius 3 is 2.61 bits per heavy atom. The molecule has 0 aliphatic heterocycles. The molecule has 2 aromatic rings. The number of nitrogens with one attached hydrogen (secondary N) is 1. The first-order valence-corrected chi connectivity index (χ1v) is 7.44. The number of nitrogens with zero attached hydrogens (tertiary/aromatic N) is 3. The normalized spacial score (nSPS) is 11.8. The number of benzene rings is 1. The minimum atomic E-state index is -0.506. The van der Waals surface area contributed by atoms with Gasteiger partial charge >= 0.3 is 0 Å². The van der Waals surface area contributed by atoms with Crippen molar-refractivity contribution < 1.29 is 9.53 Å². The molecule has 1 N–H and O–H groups in total. The van der Waals surface area contributed by atoms with Gasteiger partial charge in [-0.05, 0) is 42.7 Å². The zero-order valence-corrected chi connectivity index (χ0v) is 13.5. The van der Waals surface area contributed by atoms with Crippen molar-refractivity contribution in [2.45, 2.75) is 26.3 Å². The van der Waals surface area contributed by atoms with Crippen molar-refractivity contribution in [2.24, 2.45) is 5.92 Å². The highest BCUT2D eigenvalue weighted by atomic mass is 16.5. The highest BCUT2D eigenvalue weighted by Gasteiger charge is 2.16. The number of hydrogen-bond acceptors (Lipinski definition) is 4. The molecule has 1 unspecified atom stereocenters. The van der Waals surface area contributed by atoms with Crippen LogP contribution in [0.15, 0.2) is 36.5 Å². The molecule has 0 spiro atoms. The molecule has 1 atom stereocenters. The summed E-state index contributed by atoms with van der Waals surface area (Å²) in [5.41, 5.74) is 1.11. The van der Waals surface area contributed by atoms with E-state index in [1.165, 1.54) is 0 Å². The number of hydrogen-bond donors (Lipinski definition) is 1. The van der Waals surface area contributed by atoms with E-state index < -0.39 is 6.04 Å². The van der Waals surface area contributed by atoms with Crippen LogP contribution in [0.2, 0.25) is 0 Å². The predicted molar refractivity (Wildman–Crippen MR) is 86.4 cm³/mol. The molecule has 1 heterocycles. The molecule has 6 heteroatoms. The van der Waals surface area contributed by atoms with Crippen molar-refractivity contribution in [3.63, 3.8) is 0 Å². The summed E-state index contributed by atoms with van der Waals surface area (Å²) >= 11 is 0. The van der Waals surface area contributed by atoms with E-state index >= 15 is 0 Å². The van der Waals surface area contributed by atoms with Gasteiger partial charge in [0.25, 0.3) is 5.91 Å². The van der Waals surface area contributed by atoms with Gasteiger partial charge in [0, 0.05) is 6.20 Å². The molecule has 1 aromatic heterocycles. The Bertz CT molecular complexity index is 698. The highest BCUT2D eigenvalue weighted by molar-refractivity contribution is 5.92. The van der Waals surface area contributed by atoms with Gasteiger partial charge in [-0.1, -0.05) is 13.8 Å². The topological polar surface area (TPSA) is 79.9 Å². The van der Waals surface area contributed by atoms with Crippen LogP contribution >= 0.6 is 0 Å². The first-order valence-electron chi connectivity index (χ1n) is 7.44. The molecule has 1 aromatic carbocycles. The Labute approximate surface area is 135 Å². The molecule has 0 aliphatic rings. The summed E-state index contributed by atoms with van der Waals surface area (Å²) in [5.74, 6) is 0.741. The van der Waals surface area contributed by atoms with E-state index in [2.05, 4.69) is 16.5 Å². The number of carbonyl (C=O) groups excluding carboxylic acids is 1.